The van der Waals surface area contributed by atoms with Crippen LogP contribution in [0.1, 0.15) is 38.5 Å². The zero-order valence-electron chi connectivity index (χ0n) is 5.97. The lowest BCUT2D eigenvalue weighted by molar-refractivity contribution is 0.212. The third-order valence-electron chi connectivity index (χ3n) is 3.03. The Morgan fingerprint density at radius 1 is 1.00 bits per heavy atom. The summed E-state index contributed by atoms with van der Waals surface area (Å²) in [7, 11) is 0. The average Bonchev–Trinajstić information content (AvgIpc) is 2.11. The average molecular weight is 123 g/mol. The minimum atomic E-state index is 1.11. The largest absolute Gasteiger partial charge is 0.0528 e. The van der Waals surface area contributed by atoms with Crippen LogP contribution in [-0.4, -0.2) is 0 Å². The van der Waals surface area contributed by atoms with Gasteiger partial charge < -0.3 is 0 Å². The Bertz CT molecular complexity index is 86.2. The molecule has 0 heterocycles. The lowest BCUT2D eigenvalue weighted by Gasteiger charge is -2.30. The van der Waals surface area contributed by atoms with Crippen LogP contribution in [0.3, 0.4) is 0 Å². The van der Waals surface area contributed by atoms with E-state index in [2.05, 4.69) is 6.42 Å². The lowest BCUT2D eigenvalue weighted by Crippen LogP contribution is -2.19. The number of hydrogen-bond donors (Lipinski definition) is 0. The molecule has 1 radical (unpaired) electrons. The Balaban J connectivity index is 1.82. The second kappa shape index (κ2) is 2.32. The van der Waals surface area contributed by atoms with Crippen molar-refractivity contribution in [2.24, 2.45) is 11.8 Å². The summed E-state index contributed by atoms with van der Waals surface area (Å²) < 4.78 is 0. The fraction of sp³-hybridized carbons (Fsp3) is 0.889. The van der Waals surface area contributed by atoms with Crippen molar-refractivity contribution in [1.29, 1.82) is 0 Å². The van der Waals surface area contributed by atoms with Gasteiger partial charge >= 0.3 is 0 Å². The molecule has 2 saturated carbocycles. The van der Waals surface area contributed by atoms with Crippen LogP contribution >= 0.6 is 0 Å². The molecule has 9 heavy (non-hydrogen) atoms. The topological polar surface area (TPSA) is 0 Å². The third-order valence-corrected chi connectivity index (χ3v) is 3.03. The summed E-state index contributed by atoms with van der Waals surface area (Å²) in [6.45, 7) is 0. The predicted molar refractivity (Wildman–Crippen MR) is 39.0 cm³/mol. The maximum atomic E-state index is 2.48. The summed E-state index contributed by atoms with van der Waals surface area (Å²) in [6.07, 6.45) is 11.4. The van der Waals surface area contributed by atoms with Crippen molar-refractivity contribution in [3.63, 3.8) is 0 Å². The second-order valence-corrected chi connectivity index (χ2v) is 3.55. The summed E-state index contributed by atoms with van der Waals surface area (Å²) in [4.78, 5) is 0. The van der Waals surface area contributed by atoms with Gasteiger partial charge in [0.15, 0.2) is 0 Å². The summed E-state index contributed by atoms with van der Waals surface area (Å²) in [6, 6.07) is 0. The molecule has 2 aliphatic carbocycles. The highest BCUT2D eigenvalue weighted by Gasteiger charge is 2.28. The highest BCUT2D eigenvalue weighted by Crippen LogP contribution is 2.41. The van der Waals surface area contributed by atoms with Crippen molar-refractivity contribution in [1.82, 2.24) is 0 Å². The molecule has 2 aliphatic rings. The first kappa shape index (κ1) is 5.76. The molecule has 1 unspecified atom stereocenters. The molecular formula is C9H15. The minimum absolute atomic E-state index is 1.11. The number of rotatable bonds is 1. The maximum Gasteiger partial charge on any atom is -0.0383 e. The van der Waals surface area contributed by atoms with Gasteiger partial charge in [-0.25, -0.2) is 0 Å². The van der Waals surface area contributed by atoms with Crippen LogP contribution in [0.4, 0.5) is 0 Å². The van der Waals surface area contributed by atoms with Gasteiger partial charge in [-0.2, -0.15) is 0 Å². The van der Waals surface area contributed by atoms with E-state index >= 15 is 0 Å². The van der Waals surface area contributed by atoms with Crippen molar-refractivity contribution in [3.8, 4) is 0 Å². The van der Waals surface area contributed by atoms with E-state index in [-0.39, 0.29) is 0 Å². The zero-order valence-corrected chi connectivity index (χ0v) is 5.97. The van der Waals surface area contributed by atoms with Crippen LogP contribution in [0.15, 0.2) is 0 Å². The first-order valence-corrected chi connectivity index (χ1v) is 4.28. The van der Waals surface area contributed by atoms with Crippen molar-refractivity contribution >= 4 is 0 Å². The van der Waals surface area contributed by atoms with E-state index in [4.69, 9.17) is 0 Å². The normalized spacial score (nSPS) is 30.7. The van der Waals surface area contributed by atoms with Gasteiger partial charge in [0, 0.05) is 0 Å². The molecule has 0 heteroatoms. The summed E-state index contributed by atoms with van der Waals surface area (Å²) in [5.41, 5.74) is 0. The Morgan fingerprint density at radius 2 is 1.89 bits per heavy atom. The monoisotopic (exact) mass is 123 g/mol. The fourth-order valence-electron chi connectivity index (χ4n) is 2.12. The van der Waals surface area contributed by atoms with Gasteiger partial charge in [0.2, 0.25) is 0 Å². The Labute approximate surface area is 57.6 Å². The summed E-state index contributed by atoms with van der Waals surface area (Å²) >= 11 is 0. The van der Waals surface area contributed by atoms with Gasteiger partial charge in [-0.15, -0.1) is 0 Å². The fourth-order valence-corrected chi connectivity index (χ4v) is 2.12. The molecule has 0 aromatic carbocycles. The van der Waals surface area contributed by atoms with Crippen molar-refractivity contribution < 1.29 is 0 Å². The van der Waals surface area contributed by atoms with Crippen LogP contribution in [0, 0.1) is 18.3 Å². The van der Waals surface area contributed by atoms with Crippen LogP contribution in [0.2, 0.25) is 0 Å². The maximum absolute atomic E-state index is 2.48. The van der Waals surface area contributed by atoms with E-state index in [0.717, 1.165) is 11.8 Å². The van der Waals surface area contributed by atoms with E-state index in [9.17, 15) is 0 Å². The van der Waals surface area contributed by atoms with Gasteiger partial charge in [-0.05, 0) is 37.5 Å². The molecule has 0 amide bonds. The lowest BCUT2D eigenvalue weighted by atomic mass is 9.75. The quantitative estimate of drug-likeness (QED) is 0.503. The highest BCUT2D eigenvalue weighted by molar-refractivity contribution is 4.87. The molecule has 0 aromatic rings. The van der Waals surface area contributed by atoms with Crippen molar-refractivity contribution in [2.75, 3.05) is 0 Å². The molecule has 2 fully saturated rings. The second-order valence-electron chi connectivity index (χ2n) is 3.55. The van der Waals surface area contributed by atoms with Crippen molar-refractivity contribution in [3.05, 3.63) is 6.42 Å². The van der Waals surface area contributed by atoms with Gasteiger partial charge in [-0.3, -0.25) is 0 Å². The van der Waals surface area contributed by atoms with E-state index in [0.29, 0.717) is 0 Å². The Hall–Kier alpha value is 0. The molecule has 0 saturated heterocycles. The van der Waals surface area contributed by atoms with Gasteiger partial charge in [-0.1, -0.05) is 19.3 Å². The molecule has 0 N–H and O–H groups in total. The Kier molecular flexibility index (Phi) is 1.48. The zero-order chi connectivity index (χ0) is 6.10. The van der Waals surface area contributed by atoms with Crippen LogP contribution in [-0.2, 0) is 0 Å². The van der Waals surface area contributed by atoms with Crippen LogP contribution in [0.25, 0.3) is 0 Å². The molecule has 0 nitrogen and oxygen atoms in total. The molecule has 0 spiro atoms. The van der Waals surface area contributed by atoms with Gasteiger partial charge in [0.25, 0.3) is 0 Å². The smallest absolute Gasteiger partial charge is 0.0383 e. The molecule has 2 rings (SSSR count). The molecule has 0 aliphatic heterocycles. The summed E-state index contributed by atoms with van der Waals surface area (Å²) in [5.74, 6) is 2.25. The van der Waals surface area contributed by atoms with E-state index in [1.54, 1.807) is 12.8 Å². The molecule has 51 valence electrons. The Morgan fingerprint density at radius 3 is 2.33 bits per heavy atom. The van der Waals surface area contributed by atoms with E-state index < -0.39 is 0 Å². The standard InChI is InChI=1S/C9H15/c1-2-5-8(4-1)9-6-3-7-9/h1,8-9H,2-7H2. The molecular weight excluding hydrogens is 108 g/mol. The SMILES string of the molecule is [CH]1CCC(C2CCC2)C1. The van der Waals surface area contributed by atoms with Crippen molar-refractivity contribution in [2.45, 2.75) is 38.5 Å². The van der Waals surface area contributed by atoms with Gasteiger partial charge in [0.05, 0.1) is 0 Å². The highest BCUT2D eigenvalue weighted by atomic mass is 14.3. The van der Waals surface area contributed by atoms with E-state index in [1.807, 2.05) is 0 Å². The molecule has 1 atom stereocenters. The van der Waals surface area contributed by atoms with E-state index in [1.165, 1.54) is 25.7 Å². The van der Waals surface area contributed by atoms with Crippen LogP contribution < -0.4 is 0 Å². The summed E-state index contributed by atoms with van der Waals surface area (Å²) in [5, 5.41) is 0. The number of hydrogen-bond acceptors (Lipinski definition) is 0. The predicted octanol–water partition coefficient (Wildman–Crippen LogP) is 2.79. The third kappa shape index (κ3) is 0.997. The molecule has 0 bridgehead atoms. The van der Waals surface area contributed by atoms with Crippen LogP contribution in [0.5, 0.6) is 0 Å². The first-order chi connectivity index (χ1) is 4.47. The minimum Gasteiger partial charge on any atom is -0.0528 e. The first-order valence-electron chi connectivity index (χ1n) is 4.28. The molecule has 0 aromatic heterocycles. The van der Waals surface area contributed by atoms with Gasteiger partial charge in [0.1, 0.15) is 0 Å².